The molecule has 0 aromatic heterocycles. The summed E-state index contributed by atoms with van der Waals surface area (Å²) in [6.45, 7) is 0.733. The second-order valence-electron chi connectivity index (χ2n) is 5.46. The summed E-state index contributed by atoms with van der Waals surface area (Å²) in [5, 5.41) is 11.8. The molecule has 1 saturated carbocycles. The first kappa shape index (κ1) is 15.6. The summed E-state index contributed by atoms with van der Waals surface area (Å²) in [7, 11) is 1.76. The Kier molecular flexibility index (Phi) is 5.07. The minimum atomic E-state index is -1.05. The van der Waals surface area contributed by atoms with E-state index in [1.807, 2.05) is 0 Å². The second-order valence-corrected chi connectivity index (χ2v) is 5.87. The van der Waals surface area contributed by atoms with Gasteiger partial charge in [0.25, 0.3) is 0 Å². The lowest BCUT2D eigenvalue weighted by Gasteiger charge is -2.21. The largest absolute Gasteiger partial charge is 0.478 e. The lowest BCUT2D eigenvalue weighted by Crippen LogP contribution is -2.34. The number of carboxylic acid groups (broad SMARTS) is 1. The van der Waals surface area contributed by atoms with Crippen LogP contribution in [-0.4, -0.2) is 35.6 Å². The van der Waals surface area contributed by atoms with Crippen molar-refractivity contribution >= 4 is 29.3 Å². The number of anilines is 1. The Bertz CT molecular complexity index is 542. The van der Waals surface area contributed by atoms with Gasteiger partial charge in [-0.1, -0.05) is 24.4 Å². The summed E-state index contributed by atoms with van der Waals surface area (Å²) < 4.78 is 0. The van der Waals surface area contributed by atoms with Crippen LogP contribution in [0.15, 0.2) is 18.2 Å². The van der Waals surface area contributed by atoms with Crippen molar-refractivity contribution in [1.82, 2.24) is 4.90 Å². The average molecular weight is 311 g/mol. The van der Waals surface area contributed by atoms with Gasteiger partial charge in [-0.05, 0) is 37.0 Å². The molecule has 0 bridgehead atoms. The fourth-order valence-corrected chi connectivity index (χ4v) is 2.85. The van der Waals surface area contributed by atoms with Gasteiger partial charge < -0.3 is 15.3 Å². The standard InChI is InChI=1S/C15H19ClN2O3/c1-18(9-10-4-2-3-5-10)15(21)17-13-7-6-11(14(19)20)8-12(13)16/h6-8,10H,2-5,9H2,1H3,(H,17,21)(H,19,20). The molecule has 2 N–H and O–H groups in total. The summed E-state index contributed by atoms with van der Waals surface area (Å²) in [5.41, 5.74) is 0.516. The fourth-order valence-electron chi connectivity index (χ4n) is 2.62. The molecule has 1 aromatic carbocycles. The number of nitrogens with one attached hydrogen (secondary N) is 1. The summed E-state index contributed by atoms with van der Waals surface area (Å²) in [6.07, 6.45) is 4.82. The molecule has 0 aliphatic heterocycles. The van der Waals surface area contributed by atoms with Crippen molar-refractivity contribution in [1.29, 1.82) is 0 Å². The van der Waals surface area contributed by atoms with Crippen LogP contribution in [0, 0.1) is 5.92 Å². The molecule has 1 aliphatic carbocycles. The Morgan fingerprint density at radius 1 is 1.38 bits per heavy atom. The van der Waals surface area contributed by atoms with Crippen LogP contribution in [0.5, 0.6) is 0 Å². The van der Waals surface area contributed by atoms with Crippen LogP contribution in [0.1, 0.15) is 36.0 Å². The van der Waals surface area contributed by atoms with Crippen LogP contribution in [0.3, 0.4) is 0 Å². The van der Waals surface area contributed by atoms with E-state index in [0.717, 1.165) is 6.54 Å². The van der Waals surface area contributed by atoms with Gasteiger partial charge in [0, 0.05) is 13.6 Å². The van der Waals surface area contributed by atoms with Gasteiger partial charge in [-0.15, -0.1) is 0 Å². The number of hydrogen-bond acceptors (Lipinski definition) is 2. The summed E-state index contributed by atoms with van der Waals surface area (Å²) in [4.78, 5) is 24.6. The monoisotopic (exact) mass is 310 g/mol. The Balaban J connectivity index is 1.96. The van der Waals surface area contributed by atoms with Crippen LogP contribution in [-0.2, 0) is 0 Å². The maximum Gasteiger partial charge on any atom is 0.335 e. The number of rotatable bonds is 4. The smallest absolute Gasteiger partial charge is 0.335 e. The Labute approximate surface area is 128 Å². The minimum absolute atomic E-state index is 0.0947. The average Bonchev–Trinajstić information content (AvgIpc) is 2.93. The number of benzene rings is 1. The van der Waals surface area contributed by atoms with Crippen molar-refractivity contribution in [3.63, 3.8) is 0 Å². The molecule has 2 amide bonds. The van der Waals surface area contributed by atoms with Gasteiger partial charge in [0.05, 0.1) is 16.3 Å². The van der Waals surface area contributed by atoms with Crippen LogP contribution in [0.4, 0.5) is 10.5 Å². The number of urea groups is 1. The normalized spacial score (nSPS) is 15.0. The molecule has 1 aromatic rings. The summed E-state index contributed by atoms with van der Waals surface area (Å²) in [6, 6.07) is 4.02. The predicted octanol–water partition coefficient (Wildman–Crippen LogP) is 3.69. The zero-order chi connectivity index (χ0) is 15.4. The van der Waals surface area contributed by atoms with Gasteiger partial charge in [0.2, 0.25) is 0 Å². The quantitative estimate of drug-likeness (QED) is 0.891. The number of carbonyl (C=O) groups is 2. The van der Waals surface area contributed by atoms with Gasteiger partial charge in [0.15, 0.2) is 0 Å². The lowest BCUT2D eigenvalue weighted by atomic mass is 10.1. The number of carbonyl (C=O) groups excluding carboxylic acids is 1. The fraction of sp³-hybridized carbons (Fsp3) is 0.467. The molecule has 0 atom stereocenters. The number of hydrogen-bond donors (Lipinski definition) is 2. The Morgan fingerprint density at radius 3 is 2.62 bits per heavy atom. The second kappa shape index (κ2) is 6.80. The van der Waals surface area contributed by atoms with Crippen molar-refractivity contribution in [2.24, 2.45) is 5.92 Å². The number of aromatic carboxylic acids is 1. The van der Waals surface area contributed by atoms with Crippen LogP contribution >= 0.6 is 11.6 Å². The SMILES string of the molecule is CN(CC1CCCC1)C(=O)Nc1ccc(C(=O)O)cc1Cl. The van der Waals surface area contributed by atoms with E-state index in [1.54, 1.807) is 11.9 Å². The molecular formula is C15H19ClN2O3. The van der Waals surface area contributed by atoms with E-state index in [2.05, 4.69) is 5.32 Å². The third-order valence-electron chi connectivity index (χ3n) is 3.81. The molecule has 1 fully saturated rings. The highest BCUT2D eigenvalue weighted by molar-refractivity contribution is 6.34. The van der Waals surface area contributed by atoms with Gasteiger partial charge in [-0.3, -0.25) is 0 Å². The molecule has 1 aliphatic rings. The molecule has 0 spiro atoms. The van der Waals surface area contributed by atoms with E-state index in [1.165, 1.54) is 43.9 Å². The van der Waals surface area contributed by atoms with Gasteiger partial charge >= 0.3 is 12.0 Å². The zero-order valence-corrected chi connectivity index (χ0v) is 12.7. The number of halogens is 1. The third kappa shape index (κ3) is 4.11. The molecule has 21 heavy (non-hydrogen) atoms. The van der Waals surface area contributed by atoms with Crippen molar-refractivity contribution in [3.05, 3.63) is 28.8 Å². The van der Waals surface area contributed by atoms with E-state index in [9.17, 15) is 9.59 Å². The molecule has 6 heteroatoms. The van der Waals surface area contributed by atoms with Crippen molar-refractivity contribution in [2.75, 3.05) is 18.9 Å². The van der Waals surface area contributed by atoms with E-state index in [-0.39, 0.29) is 16.6 Å². The van der Waals surface area contributed by atoms with Crippen molar-refractivity contribution in [2.45, 2.75) is 25.7 Å². The topological polar surface area (TPSA) is 69.6 Å². The molecule has 114 valence electrons. The van der Waals surface area contributed by atoms with Crippen LogP contribution < -0.4 is 5.32 Å². The number of amides is 2. The molecule has 0 radical (unpaired) electrons. The summed E-state index contributed by atoms with van der Waals surface area (Å²) >= 11 is 6.00. The number of nitrogens with zero attached hydrogens (tertiary/aromatic N) is 1. The van der Waals surface area contributed by atoms with E-state index < -0.39 is 5.97 Å². The first-order chi connectivity index (χ1) is 9.97. The summed E-state index contributed by atoms with van der Waals surface area (Å²) in [5.74, 6) is -0.473. The molecular weight excluding hydrogens is 292 g/mol. The highest BCUT2D eigenvalue weighted by Crippen LogP contribution is 2.26. The highest BCUT2D eigenvalue weighted by atomic mass is 35.5. The van der Waals surface area contributed by atoms with Crippen LogP contribution in [0.2, 0.25) is 5.02 Å². The maximum absolute atomic E-state index is 12.1. The predicted molar refractivity (Wildman–Crippen MR) is 82.0 cm³/mol. The van der Waals surface area contributed by atoms with Crippen LogP contribution in [0.25, 0.3) is 0 Å². The van der Waals surface area contributed by atoms with Gasteiger partial charge in [0.1, 0.15) is 0 Å². The van der Waals surface area contributed by atoms with Gasteiger partial charge in [-0.25, -0.2) is 9.59 Å². The lowest BCUT2D eigenvalue weighted by molar-refractivity contribution is 0.0697. The van der Waals surface area contributed by atoms with Crippen molar-refractivity contribution in [3.8, 4) is 0 Å². The molecule has 0 heterocycles. The molecule has 0 unspecified atom stereocenters. The number of carboxylic acids is 1. The van der Waals surface area contributed by atoms with E-state index in [4.69, 9.17) is 16.7 Å². The van der Waals surface area contributed by atoms with Gasteiger partial charge in [-0.2, -0.15) is 0 Å². The molecule has 0 saturated heterocycles. The highest BCUT2D eigenvalue weighted by Gasteiger charge is 2.20. The molecule has 5 nitrogen and oxygen atoms in total. The zero-order valence-electron chi connectivity index (χ0n) is 11.9. The Morgan fingerprint density at radius 2 is 2.05 bits per heavy atom. The Hall–Kier alpha value is -1.75. The third-order valence-corrected chi connectivity index (χ3v) is 4.12. The maximum atomic E-state index is 12.1. The van der Waals surface area contributed by atoms with Crippen molar-refractivity contribution < 1.29 is 14.7 Å². The van der Waals surface area contributed by atoms with E-state index in [0.29, 0.717) is 11.6 Å². The minimum Gasteiger partial charge on any atom is -0.478 e. The molecule has 2 rings (SSSR count). The first-order valence-corrected chi connectivity index (χ1v) is 7.40. The van der Waals surface area contributed by atoms with E-state index >= 15 is 0 Å². The first-order valence-electron chi connectivity index (χ1n) is 7.02.